The number of allylic oxidation sites excluding steroid dienone is 1. The summed E-state index contributed by atoms with van der Waals surface area (Å²) in [6.07, 6.45) is 8.23. The molecule has 5 heteroatoms. The van der Waals surface area contributed by atoms with Gasteiger partial charge >= 0.3 is 0 Å². The highest BCUT2D eigenvalue weighted by atomic mass is 16.1. The topological polar surface area (TPSA) is 59.8 Å². The van der Waals surface area contributed by atoms with E-state index in [0.29, 0.717) is 12.1 Å². The van der Waals surface area contributed by atoms with E-state index in [1.807, 2.05) is 29.8 Å². The Hall–Kier alpha value is -2.17. The Morgan fingerprint density at radius 2 is 2.27 bits per heavy atom. The summed E-state index contributed by atoms with van der Waals surface area (Å²) in [4.78, 5) is 12.2. The molecule has 0 atom stereocenters. The molecule has 0 saturated carbocycles. The summed E-state index contributed by atoms with van der Waals surface area (Å²) in [5.74, 6) is -0.0376. The van der Waals surface area contributed by atoms with Gasteiger partial charge in [-0.15, -0.1) is 5.10 Å². The third kappa shape index (κ3) is 3.18. The van der Waals surface area contributed by atoms with E-state index in [-0.39, 0.29) is 5.91 Å². The van der Waals surface area contributed by atoms with Crippen LogP contribution in [0.3, 0.4) is 0 Å². The van der Waals surface area contributed by atoms with Gasteiger partial charge in [-0.25, -0.2) is 4.68 Å². The van der Waals surface area contributed by atoms with Crippen molar-refractivity contribution < 1.29 is 4.79 Å². The van der Waals surface area contributed by atoms with Crippen molar-refractivity contribution in [1.29, 1.82) is 0 Å². The zero-order chi connectivity index (χ0) is 15.4. The van der Waals surface area contributed by atoms with Crippen molar-refractivity contribution in [3.8, 4) is 0 Å². The van der Waals surface area contributed by atoms with Crippen molar-refractivity contribution in [3.05, 3.63) is 35.4 Å². The van der Waals surface area contributed by atoms with Crippen molar-refractivity contribution in [1.82, 2.24) is 20.3 Å². The fourth-order valence-corrected chi connectivity index (χ4v) is 2.92. The number of nitrogens with one attached hydrogen (secondary N) is 1. The molecule has 0 radical (unpaired) electrons. The first kappa shape index (κ1) is 14.8. The number of nitrogens with zero attached hydrogens (tertiary/aromatic N) is 3. The Bertz CT molecular complexity index is 702. The first-order valence-electron chi connectivity index (χ1n) is 8.07. The SMILES string of the molecule is CCn1nnc2cc(C(=O)NCCC3=CCCCC3)ccc21. The van der Waals surface area contributed by atoms with Gasteiger partial charge in [-0.3, -0.25) is 4.79 Å². The van der Waals surface area contributed by atoms with Gasteiger partial charge in [-0.2, -0.15) is 0 Å². The predicted octanol–water partition coefficient (Wildman–Crippen LogP) is 3.07. The average Bonchev–Trinajstić information content (AvgIpc) is 2.98. The average molecular weight is 298 g/mol. The van der Waals surface area contributed by atoms with E-state index in [0.717, 1.165) is 24.0 Å². The second-order valence-electron chi connectivity index (χ2n) is 5.72. The summed E-state index contributed by atoms with van der Waals surface area (Å²) in [6, 6.07) is 5.56. The highest BCUT2D eigenvalue weighted by Gasteiger charge is 2.10. The lowest BCUT2D eigenvalue weighted by atomic mass is 9.97. The molecule has 5 nitrogen and oxygen atoms in total. The van der Waals surface area contributed by atoms with Gasteiger partial charge in [0.25, 0.3) is 5.91 Å². The summed E-state index contributed by atoms with van der Waals surface area (Å²) < 4.78 is 1.83. The summed E-state index contributed by atoms with van der Waals surface area (Å²) in [6.45, 7) is 3.50. The number of hydrogen-bond acceptors (Lipinski definition) is 3. The standard InChI is InChI=1S/C17H22N4O/c1-2-21-16-9-8-14(12-15(16)19-20-21)17(22)18-11-10-13-6-4-3-5-7-13/h6,8-9,12H,2-5,7,10-11H2,1H3,(H,18,22). The molecule has 3 rings (SSSR count). The Balaban J connectivity index is 1.61. The van der Waals surface area contributed by atoms with Crippen molar-refractivity contribution >= 4 is 16.9 Å². The molecule has 2 aromatic rings. The second-order valence-corrected chi connectivity index (χ2v) is 5.72. The van der Waals surface area contributed by atoms with Gasteiger partial charge in [-0.05, 0) is 57.2 Å². The Labute approximate surface area is 130 Å². The normalized spacial score (nSPS) is 14.9. The van der Waals surface area contributed by atoms with E-state index in [9.17, 15) is 4.79 Å². The van der Waals surface area contributed by atoms with Gasteiger partial charge in [0.15, 0.2) is 0 Å². The van der Waals surface area contributed by atoms with Crippen LogP contribution in [-0.4, -0.2) is 27.4 Å². The Morgan fingerprint density at radius 1 is 1.36 bits per heavy atom. The van der Waals surface area contributed by atoms with Crippen molar-refractivity contribution in [2.24, 2.45) is 0 Å². The van der Waals surface area contributed by atoms with Gasteiger partial charge in [-0.1, -0.05) is 16.9 Å². The molecule has 1 aliphatic carbocycles. The summed E-state index contributed by atoms with van der Waals surface area (Å²) >= 11 is 0. The molecule has 0 bridgehead atoms. The van der Waals surface area contributed by atoms with Crippen LogP contribution in [0.5, 0.6) is 0 Å². The van der Waals surface area contributed by atoms with Crippen LogP contribution < -0.4 is 5.32 Å². The number of fused-ring (bicyclic) bond motifs is 1. The summed E-state index contributed by atoms with van der Waals surface area (Å²) in [5, 5.41) is 11.2. The molecular weight excluding hydrogens is 276 g/mol. The molecular formula is C17H22N4O. The molecule has 0 spiro atoms. The molecule has 22 heavy (non-hydrogen) atoms. The summed E-state index contributed by atoms with van der Waals surface area (Å²) in [7, 11) is 0. The van der Waals surface area contributed by atoms with Crippen LogP contribution in [0.1, 0.15) is 49.4 Å². The molecule has 0 saturated heterocycles. The van der Waals surface area contributed by atoms with Crippen molar-refractivity contribution in [2.45, 2.75) is 45.6 Å². The van der Waals surface area contributed by atoms with E-state index in [1.54, 1.807) is 0 Å². The zero-order valence-corrected chi connectivity index (χ0v) is 13.0. The van der Waals surface area contributed by atoms with Gasteiger partial charge in [0, 0.05) is 18.7 Å². The minimum absolute atomic E-state index is 0.0376. The van der Waals surface area contributed by atoms with Crippen LogP contribution >= 0.6 is 0 Å². The number of carbonyl (C=O) groups is 1. The van der Waals surface area contributed by atoms with Gasteiger partial charge in [0.2, 0.25) is 0 Å². The highest BCUT2D eigenvalue weighted by Crippen LogP contribution is 2.19. The van der Waals surface area contributed by atoms with E-state index in [1.165, 1.54) is 31.3 Å². The van der Waals surface area contributed by atoms with Crippen LogP contribution in [0.25, 0.3) is 11.0 Å². The molecule has 1 N–H and O–H groups in total. The first-order chi connectivity index (χ1) is 10.8. The minimum atomic E-state index is -0.0376. The number of aryl methyl sites for hydroxylation is 1. The van der Waals surface area contributed by atoms with Crippen LogP contribution in [0.4, 0.5) is 0 Å². The van der Waals surface area contributed by atoms with Gasteiger partial charge in [0.1, 0.15) is 5.52 Å². The molecule has 116 valence electrons. The van der Waals surface area contributed by atoms with Crippen LogP contribution in [0.2, 0.25) is 0 Å². The first-order valence-corrected chi connectivity index (χ1v) is 8.07. The Morgan fingerprint density at radius 3 is 3.05 bits per heavy atom. The monoisotopic (exact) mass is 298 g/mol. The maximum atomic E-state index is 12.2. The van der Waals surface area contributed by atoms with Crippen molar-refractivity contribution in [3.63, 3.8) is 0 Å². The molecule has 0 unspecified atom stereocenters. The van der Waals surface area contributed by atoms with E-state index >= 15 is 0 Å². The maximum absolute atomic E-state index is 12.2. The largest absolute Gasteiger partial charge is 0.352 e. The molecule has 0 fully saturated rings. The molecule has 1 heterocycles. The lowest BCUT2D eigenvalue weighted by Gasteiger charge is -2.13. The van der Waals surface area contributed by atoms with Gasteiger partial charge in [0.05, 0.1) is 5.52 Å². The number of benzene rings is 1. The van der Waals surface area contributed by atoms with Crippen LogP contribution in [-0.2, 0) is 6.54 Å². The van der Waals surface area contributed by atoms with E-state index < -0.39 is 0 Å². The predicted molar refractivity (Wildman–Crippen MR) is 86.7 cm³/mol. The highest BCUT2D eigenvalue weighted by molar-refractivity contribution is 5.97. The van der Waals surface area contributed by atoms with E-state index in [2.05, 4.69) is 21.7 Å². The fraction of sp³-hybridized carbons (Fsp3) is 0.471. The zero-order valence-electron chi connectivity index (χ0n) is 13.0. The smallest absolute Gasteiger partial charge is 0.251 e. The molecule has 1 aliphatic rings. The third-order valence-corrected chi connectivity index (χ3v) is 4.19. The number of amides is 1. The molecule has 1 amide bonds. The lowest BCUT2D eigenvalue weighted by molar-refractivity contribution is 0.0954. The molecule has 1 aromatic carbocycles. The molecule has 0 aliphatic heterocycles. The van der Waals surface area contributed by atoms with E-state index in [4.69, 9.17) is 0 Å². The fourth-order valence-electron chi connectivity index (χ4n) is 2.92. The lowest BCUT2D eigenvalue weighted by Crippen LogP contribution is -2.24. The minimum Gasteiger partial charge on any atom is -0.352 e. The Kier molecular flexibility index (Phi) is 4.51. The molecule has 1 aromatic heterocycles. The van der Waals surface area contributed by atoms with Crippen LogP contribution in [0.15, 0.2) is 29.8 Å². The maximum Gasteiger partial charge on any atom is 0.251 e. The number of rotatable bonds is 5. The number of hydrogen-bond donors (Lipinski definition) is 1. The number of carbonyl (C=O) groups excluding carboxylic acids is 1. The van der Waals surface area contributed by atoms with Crippen LogP contribution in [0, 0.1) is 0 Å². The second kappa shape index (κ2) is 6.73. The quantitative estimate of drug-likeness (QED) is 0.863. The van der Waals surface area contributed by atoms with Crippen molar-refractivity contribution in [2.75, 3.05) is 6.54 Å². The number of aromatic nitrogens is 3. The summed E-state index contributed by atoms with van der Waals surface area (Å²) in [5.41, 5.74) is 3.86. The van der Waals surface area contributed by atoms with Gasteiger partial charge < -0.3 is 5.32 Å². The third-order valence-electron chi connectivity index (χ3n) is 4.19.